The summed E-state index contributed by atoms with van der Waals surface area (Å²) in [7, 11) is 2.03. The first-order valence-electron chi connectivity index (χ1n) is 6.49. The van der Waals surface area contributed by atoms with Gasteiger partial charge in [-0.1, -0.05) is 48.5 Å². The second kappa shape index (κ2) is 5.83. The quantitative estimate of drug-likeness (QED) is 0.855. The number of rotatable bonds is 4. The number of benzene rings is 2. The van der Waals surface area contributed by atoms with Gasteiger partial charge in [0.1, 0.15) is 0 Å². The van der Waals surface area contributed by atoms with Gasteiger partial charge in [-0.15, -0.1) is 0 Å². The van der Waals surface area contributed by atoms with Gasteiger partial charge in [0.2, 0.25) is 0 Å². The molecule has 0 bridgehead atoms. The van der Waals surface area contributed by atoms with Crippen LogP contribution in [-0.4, -0.2) is 7.05 Å². The van der Waals surface area contributed by atoms with E-state index in [1.807, 2.05) is 7.05 Å². The second-order valence-electron chi connectivity index (χ2n) is 4.83. The molecule has 1 unspecified atom stereocenters. The van der Waals surface area contributed by atoms with Gasteiger partial charge in [0, 0.05) is 6.04 Å². The molecule has 0 amide bonds. The topological polar surface area (TPSA) is 12.0 Å². The van der Waals surface area contributed by atoms with Gasteiger partial charge in [0.15, 0.2) is 0 Å². The van der Waals surface area contributed by atoms with Gasteiger partial charge in [-0.2, -0.15) is 0 Å². The van der Waals surface area contributed by atoms with Crippen molar-refractivity contribution in [2.75, 3.05) is 7.05 Å². The highest BCUT2D eigenvalue weighted by molar-refractivity contribution is 5.35. The van der Waals surface area contributed by atoms with Crippen molar-refractivity contribution in [2.45, 2.75) is 26.3 Å². The summed E-state index contributed by atoms with van der Waals surface area (Å²) in [4.78, 5) is 0. The Hall–Kier alpha value is -1.60. The molecule has 0 aromatic heterocycles. The maximum Gasteiger partial charge on any atom is 0.0358 e. The van der Waals surface area contributed by atoms with Crippen molar-refractivity contribution in [1.29, 1.82) is 0 Å². The van der Waals surface area contributed by atoms with E-state index >= 15 is 0 Å². The molecular formula is C17H21N. The largest absolute Gasteiger partial charge is 0.313 e. The SMILES string of the molecule is CNC(Cc1c(C)cccc1C)c1ccccc1. The zero-order valence-electron chi connectivity index (χ0n) is 11.4. The molecule has 0 aliphatic carbocycles. The van der Waals surface area contributed by atoms with E-state index in [0.29, 0.717) is 6.04 Å². The van der Waals surface area contributed by atoms with Gasteiger partial charge in [0.05, 0.1) is 0 Å². The summed E-state index contributed by atoms with van der Waals surface area (Å²) in [6, 6.07) is 17.5. The smallest absolute Gasteiger partial charge is 0.0358 e. The minimum atomic E-state index is 0.381. The first kappa shape index (κ1) is 12.8. The van der Waals surface area contributed by atoms with Crippen molar-refractivity contribution >= 4 is 0 Å². The molecule has 2 aromatic carbocycles. The number of likely N-dealkylation sites (N-methyl/N-ethyl adjacent to an activating group) is 1. The Morgan fingerprint density at radius 1 is 0.889 bits per heavy atom. The zero-order valence-corrected chi connectivity index (χ0v) is 11.4. The minimum Gasteiger partial charge on any atom is -0.313 e. The lowest BCUT2D eigenvalue weighted by Crippen LogP contribution is -2.19. The molecule has 0 spiro atoms. The monoisotopic (exact) mass is 239 g/mol. The Kier molecular flexibility index (Phi) is 4.16. The van der Waals surface area contributed by atoms with Gasteiger partial charge >= 0.3 is 0 Å². The van der Waals surface area contributed by atoms with Crippen LogP contribution >= 0.6 is 0 Å². The molecule has 0 heterocycles. The highest BCUT2D eigenvalue weighted by atomic mass is 14.9. The van der Waals surface area contributed by atoms with Crippen molar-refractivity contribution in [3.8, 4) is 0 Å². The maximum absolute atomic E-state index is 3.42. The van der Waals surface area contributed by atoms with E-state index in [0.717, 1.165) is 6.42 Å². The Bertz CT molecular complexity index is 482. The molecule has 0 aliphatic rings. The molecule has 0 radical (unpaired) electrons. The van der Waals surface area contributed by atoms with Gasteiger partial charge < -0.3 is 5.32 Å². The third-order valence-corrected chi connectivity index (χ3v) is 3.60. The molecule has 0 fully saturated rings. The molecular weight excluding hydrogens is 218 g/mol. The Balaban J connectivity index is 2.26. The van der Waals surface area contributed by atoms with Crippen LogP contribution in [0.2, 0.25) is 0 Å². The van der Waals surface area contributed by atoms with Gasteiger partial charge in [-0.3, -0.25) is 0 Å². The molecule has 1 heteroatoms. The molecule has 0 aliphatic heterocycles. The minimum absolute atomic E-state index is 0.381. The lowest BCUT2D eigenvalue weighted by molar-refractivity contribution is 0.589. The van der Waals surface area contributed by atoms with E-state index in [4.69, 9.17) is 0 Å². The van der Waals surface area contributed by atoms with Crippen LogP contribution < -0.4 is 5.32 Å². The van der Waals surface area contributed by atoms with Crippen LogP contribution in [0.15, 0.2) is 48.5 Å². The average Bonchev–Trinajstić information content (AvgIpc) is 2.40. The van der Waals surface area contributed by atoms with Crippen LogP contribution in [0, 0.1) is 13.8 Å². The fourth-order valence-electron chi connectivity index (χ4n) is 2.45. The number of nitrogens with one attached hydrogen (secondary N) is 1. The van der Waals surface area contributed by atoms with Crippen LogP contribution in [0.1, 0.15) is 28.3 Å². The van der Waals surface area contributed by atoms with Crippen molar-refractivity contribution in [3.05, 3.63) is 70.8 Å². The predicted molar refractivity (Wildman–Crippen MR) is 77.9 cm³/mol. The second-order valence-corrected chi connectivity index (χ2v) is 4.83. The fraction of sp³-hybridized carbons (Fsp3) is 0.294. The van der Waals surface area contributed by atoms with Gasteiger partial charge in [-0.25, -0.2) is 0 Å². The van der Waals surface area contributed by atoms with Crippen LogP contribution in [0.25, 0.3) is 0 Å². The summed E-state index contributed by atoms with van der Waals surface area (Å²) < 4.78 is 0. The molecule has 0 saturated carbocycles. The van der Waals surface area contributed by atoms with E-state index in [1.165, 1.54) is 22.3 Å². The highest BCUT2D eigenvalue weighted by Crippen LogP contribution is 2.22. The van der Waals surface area contributed by atoms with Crippen LogP contribution in [0.5, 0.6) is 0 Å². The summed E-state index contributed by atoms with van der Waals surface area (Å²) in [6.07, 6.45) is 1.04. The summed E-state index contributed by atoms with van der Waals surface area (Å²) in [6.45, 7) is 4.39. The lowest BCUT2D eigenvalue weighted by Gasteiger charge is -2.19. The average molecular weight is 239 g/mol. The molecule has 18 heavy (non-hydrogen) atoms. The molecule has 1 atom stereocenters. The van der Waals surface area contributed by atoms with E-state index in [-0.39, 0.29) is 0 Å². The van der Waals surface area contributed by atoms with Crippen molar-refractivity contribution in [2.24, 2.45) is 0 Å². The number of hydrogen-bond donors (Lipinski definition) is 1. The van der Waals surface area contributed by atoms with Crippen molar-refractivity contribution < 1.29 is 0 Å². The van der Waals surface area contributed by atoms with E-state index in [9.17, 15) is 0 Å². The predicted octanol–water partition coefficient (Wildman–Crippen LogP) is 3.81. The van der Waals surface area contributed by atoms with Gasteiger partial charge in [-0.05, 0) is 49.6 Å². The van der Waals surface area contributed by atoms with Crippen LogP contribution in [-0.2, 0) is 6.42 Å². The van der Waals surface area contributed by atoms with Crippen molar-refractivity contribution in [1.82, 2.24) is 5.32 Å². The molecule has 2 rings (SSSR count). The molecule has 2 aromatic rings. The summed E-state index contributed by atoms with van der Waals surface area (Å²) in [5.41, 5.74) is 5.57. The normalized spacial score (nSPS) is 12.4. The maximum atomic E-state index is 3.42. The van der Waals surface area contributed by atoms with E-state index < -0.39 is 0 Å². The first-order chi connectivity index (χ1) is 8.72. The Labute approximate surface area is 110 Å². The fourth-order valence-corrected chi connectivity index (χ4v) is 2.45. The van der Waals surface area contributed by atoms with Gasteiger partial charge in [0.25, 0.3) is 0 Å². The first-order valence-corrected chi connectivity index (χ1v) is 6.49. The Morgan fingerprint density at radius 3 is 2.06 bits per heavy atom. The third kappa shape index (κ3) is 2.80. The van der Waals surface area contributed by atoms with Crippen molar-refractivity contribution in [3.63, 3.8) is 0 Å². The highest BCUT2D eigenvalue weighted by Gasteiger charge is 2.12. The molecule has 0 saturated heterocycles. The van der Waals surface area contributed by atoms with Crippen LogP contribution in [0.3, 0.4) is 0 Å². The summed E-state index contributed by atoms with van der Waals surface area (Å²) in [5.74, 6) is 0. The standard InChI is InChI=1S/C17H21N/c1-13-8-7-9-14(2)16(13)12-17(18-3)15-10-5-4-6-11-15/h4-11,17-18H,12H2,1-3H3. The number of aryl methyl sites for hydroxylation is 2. The zero-order chi connectivity index (χ0) is 13.0. The molecule has 94 valence electrons. The van der Waals surface area contributed by atoms with E-state index in [1.54, 1.807) is 0 Å². The van der Waals surface area contributed by atoms with Crippen LogP contribution in [0.4, 0.5) is 0 Å². The van der Waals surface area contributed by atoms with E-state index in [2.05, 4.69) is 67.7 Å². The summed E-state index contributed by atoms with van der Waals surface area (Å²) >= 11 is 0. The lowest BCUT2D eigenvalue weighted by atomic mass is 9.93. The summed E-state index contributed by atoms with van der Waals surface area (Å²) in [5, 5.41) is 3.42. The molecule has 1 nitrogen and oxygen atoms in total. The number of hydrogen-bond acceptors (Lipinski definition) is 1. The Morgan fingerprint density at radius 2 is 1.50 bits per heavy atom. The molecule has 1 N–H and O–H groups in total. The third-order valence-electron chi connectivity index (χ3n) is 3.60.